The van der Waals surface area contributed by atoms with Crippen molar-refractivity contribution in [2.75, 3.05) is 5.32 Å². The molecule has 1 saturated heterocycles. The van der Waals surface area contributed by atoms with E-state index in [2.05, 4.69) is 17.2 Å². The van der Waals surface area contributed by atoms with Gasteiger partial charge in [0.25, 0.3) is 0 Å². The third-order valence-corrected chi connectivity index (χ3v) is 5.33. The number of hydrogen-bond acceptors (Lipinski definition) is 4. The van der Waals surface area contributed by atoms with Crippen molar-refractivity contribution in [3.05, 3.63) is 18.3 Å². The molecule has 0 radical (unpaired) electrons. The van der Waals surface area contributed by atoms with E-state index in [-0.39, 0.29) is 11.8 Å². The third kappa shape index (κ3) is 3.15. The maximum absolute atomic E-state index is 12.2. The number of anilines is 1. The molecule has 3 rings (SSSR count). The van der Waals surface area contributed by atoms with Gasteiger partial charge in [0.05, 0.1) is 16.8 Å². The van der Waals surface area contributed by atoms with E-state index < -0.39 is 18.3 Å². The first-order valence-corrected chi connectivity index (χ1v) is 8.36. The Bertz CT molecular complexity index is 602. The van der Waals surface area contributed by atoms with Gasteiger partial charge in [-0.2, -0.15) is 0 Å². The number of rotatable bonds is 4. The molecular formula is C17H25BN2O3. The number of pyridine rings is 1. The molecular weight excluding hydrogens is 291 g/mol. The van der Waals surface area contributed by atoms with Crippen molar-refractivity contribution < 1.29 is 14.1 Å². The van der Waals surface area contributed by atoms with E-state index in [1.54, 1.807) is 12.3 Å². The average molecular weight is 316 g/mol. The molecule has 1 N–H and O–H groups in total. The van der Waals surface area contributed by atoms with Crippen LogP contribution in [0.15, 0.2) is 18.3 Å². The molecule has 1 amide bonds. The zero-order valence-corrected chi connectivity index (χ0v) is 14.6. The van der Waals surface area contributed by atoms with Crippen LogP contribution in [-0.4, -0.2) is 29.2 Å². The minimum atomic E-state index is -0.513. The number of carbonyl (C=O) groups is 1. The summed E-state index contributed by atoms with van der Waals surface area (Å²) >= 11 is 0. The lowest BCUT2D eigenvalue weighted by atomic mass is 9.84. The molecule has 124 valence electrons. The fourth-order valence-corrected chi connectivity index (χ4v) is 2.87. The van der Waals surface area contributed by atoms with Gasteiger partial charge in [-0.3, -0.25) is 9.78 Å². The van der Waals surface area contributed by atoms with Crippen LogP contribution in [0.1, 0.15) is 47.5 Å². The molecule has 6 heteroatoms. The van der Waals surface area contributed by atoms with Gasteiger partial charge in [0.1, 0.15) is 0 Å². The highest BCUT2D eigenvalue weighted by molar-refractivity contribution is 6.61. The van der Waals surface area contributed by atoms with Crippen LogP contribution in [0, 0.1) is 11.8 Å². The Morgan fingerprint density at radius 2 is 2.00 bits per heavy atom. The number of aromatic nitrogens is 1. The summed E-state index contributed by atoms with van der Waals surface area (Å²) in [6.07, 6.45) is 3.74. The lowest BCUT2D eigenvalue weighted by molar-refractivity contribution is -0.117. The van der Waals surface area contributed by atoms with Crippen molar-refractivity contribution in [2.45, 2.75) is 58.7 Å². The van der Waals surface area contributed by atoms with Crippen LogP contribution in [0.5, 0.6) is 0 Å². The van der Waals surface area contributed by atoms with E-state index in [9.17, 15) is 4.79 Å². The molecule has 0 unspecified atom stereocenters. The normalized spacial score (nSPS) is 27.8. The zero-order chi connectivity index (χ0) is 16.8. The molecule has 2 aliphatic rings. The molecule has 2 fully saturated rings. The van der Waals surface area contributed by atoms with Crippen LogP contribution < -0.4 is 10.9 Å². The van der Waals surface area contributed by atoms with Gasteiger partial charge in [-0.05, 0) is 52.2 Å². The summed E-state index contributed by atoms with van der Waals surface area (Å²) in [5, 5.41) is 2.98. The number of amides is 1. The van der Waals surface area contributed by atoms with E-state index in [1.807, 2.05) is 33.8 Å². The number of nitrogens with zero attached hydrogens (tertiary/aromatic N) is 1. The summed E-state index contributed by atoms with van der Waals surface area (Å²) in [4.78, 5) is 16.5. The minimum Gasteiger partial charge on any atom is -0.398 e. The van der Waals surface area contributed by atoms with Crippen molar-refractivity contribution in [1.82, 2.24) is 4.98 Å². The average Bonchev–Trinajstić information content (AvgIpc) is 3.21. The quantitative estimate of drug-likeness (QED) is 0.866. The lowest BCUT2D eigenvalue weighted by Gasteiger charge is -2.32. The summed E-state index contributed by atoms with van der Waals surface area (Å²) in [7, 11) is -0.513. The molecule has 2 heterocycles. The highest BCUT2D eigenvalue weighted by atomic mass is 16.7. The van der Waals surface area contributed by atoms with Gasteiger partial charge in [-0.25, -0.2) is 0 Å². The molecule has 0 aromatic carbocycles. The van der Waals surface area contributed by atoms with Crippen LogP contribution in [0.25, 0.3) is 0 Å². The van der Waals surface area contributed by atoms with E-state index in [1.165, 1.54) is 0 Å². The Balaban J connectivity index is 1.70. The molecule has 1 aromatic heterocycles. The summed E-state index contributed by atoms with van der Waals surface area (Å²) < 4.78 is 12.0. The third-order valence-electron chi connectivity index (χ3n) is 5.33. The SMILES string of the molecule is CC[C@@H]1C[C@H]1C(=O)Nc1ccnc(B2OC(C)(C)C(C)(C)O2)c1. The van der Waals surface area contributed by atoms with Crippen LogP contribution in [-0.2, 0) is 14.1 Å². The highest BCUT2D eigenvalue weighted by Crippen LogP contribution is 2.41. The summed E-state index contributed by atoms with van der Waals surface area (Å²) in [6, 6.07) is 3.64. The topological polar surface area (TPSA) is 60.5 Å². The summed E-state index contributed by atoms with van der Waals surface area (Å²) in [5.41, 5.74) is 0.628. The molecule has 1 aliphatic heterocycles. The smallest absolute Gasteiger partial charge is 0.398 e. The van der Waals surface area contributed by atoms with Gasteiger partial charge >= 0.3 is 7.12 Å². The molecule has 23 heavy (non-hydrogen) atoms. The van der Waals surface area contributed by atoms with Crippen molar-refractivity contribution in [3.63, 3.8) is 0 Å². The fraction of sp³-hybridized carbons (Fsp3) is 0.647. The Labute approximate surface area is 138 Å². The number of hydrogen-bond donors (Lipinski definition) is 1. The van der Waals surface area contributed by atoms with Gasteiger partial charge in [-0.1, -0.05) is 13.3 Å². The summed E-state index contributed by atoms with van der Waals surface area (Å²) in [6.45, 7) is 10.2. The lowest BCUT2D eigenvalue weighted by Crippen LogP contribution is -2.41. The number of carbonyl (C=O) groups excluding carboxylic acids is 1. The van der Waals surface area contributed by atoms with Crippen molar-refractivity contribution in [1.29, 1.82) is 0 Å². The molecule has 1 aliphatic carbocycles. The minimum absolute atomic E-state index is 0.0999. The Morgan fingerprint density at radius 3 is 2.57 bits per heavy atom. The van der Waals surface area contributed by atoms with Crippen LogP contribution in [0.4, 0.5) is 5.69 Å². The van der Waals surface area contributed by atoms with Gasteiger partial charge in [-0.15, -0.1) is 0 Å². The highest BCUT2D eigenvalue weighted by Gasteiger charge is 2.52. The second-order valence-electron chi connectivity index (χ2n) is 7.56. The Hall–Kier alpha value is -1.40. The van der Waals surface area contributed by atoms with Crippen LogP contribution in [0.2, 0.25) is 0 Å². The van der Waals surface area contributed by atoms with Crippen molar-refractivity contribution in [3.8, 4) is 0 Å². The van der Waals surface area contributed by atoms with E-state index in [4.69, 9.17) is 9.31 Å². The second kappa shape index (κ2) is 5.60. The van der Waals surface area contributed by atoms with Gasteiger partial charge in [0.2, 0.25) is 5.91 Å². The molecule has 1 saturated carbocycles. The number of nitrogens with one attached hydrogen (secondary N) is 1. The first-order valence-electron chi connectivity index (χ1n) is 8.36. The maximum atomic E-state index is 12.2. The Kier molecular flexibility index (Phi) is 4.01. The largest absolute Gasteiger partial charge is 0.514 e. The van der Waals surface area contributed by atoms with E-state index >= 15 is 0 Å². The standard InChI is InChI=1S/C17H25BN2O3/c1-6-11-9-13(11)15(21)20-12-7-8-19-14(10-12)18-22-16(2,3)17(4,5)23-18/h7-8,10-11,13H,6,9H2,1-5H3,(H,19,20,21)/t11-,13-/m1/s1. The van der Waals surface area contributed by atoms with Crippen LogP contribution >= 0.6 is 0 Å². The van der Waals surface area contributed by atoms with Crippen molar-refractivity contribution in [2.24, 2.45) is 11.8 Å². The zero-order valence-electron chi connectivity index (χ0n) is 14.6. The molecule has 0 bridgehead atoms. The predicted octanol–water partition coefficient (Wildman–Crippen LogP) is 2.37. The monoisotopic (exact) mass is 316 g/mol. The van der Waals surface area contributed by atoms with E-state index in [0.717, 1.165) is 18.5 Å². The van der Waals surface area contributed by atoms with Gasteiger partial charge in [0.15, 0.2) is 0 Å². The van der Waals surface area contributed by atoms with Crippen molar-refractivity contribution >= 4 is 24.3 Å². The second-order valence-corrected chi connectivity index (χ2v) is 7.56. The summed E-state index contributed by atoms with van der Waals surface area (Å²) in [5.74, 6) is 0.802. The van der Waals surface area contributed by atoms with Gasteiger partial charge < -0.3 is 14.6 Å². The molecule has 2 atom stereocenters. The molecule has 5 nitrogen and oxygen atoms in total. The van der Waals surface area contributed by atoms with Gasteiger partial charge in [0, 0.05) is 17.8 Å². The fourth-order valence-electron chi connectivity index (χ4n) is 2.87. The first kappa shape index (κ1) is 16.5. The predicted molar refractivity (Wildman–Crippen MR) is 90.5 cm³/mol. The van der Waals surface area contributed by atoms with E-state index in [0.29, 0.717) is 11.5 Å². The first-order chi connectivity index (χ1) is 10.7. The Morgan fingerprint density at radius 1 is 1.35 bits per heavy atom. The van der Waals surface area contributed by atoms with Crippen LogP contribution in [0.3, 0.4) is 0 Å². The molecule has 1 aromatic rings. The molecule has 0 spiro atoms. The maximum Gasteiger partial charge on any atom is 0.514 e.